The lowest BCUT2D eigenvalue weighted by atomic mass is 9.77. The van der Waals surface area contributed by atoms with Gasteiger partial charge in [0.15, 0.2) is 5.82 Å². The fourth-order valence-corrected chi connectivity index (χ4v) is 5.82. The molecule has 4 rings (SSSR count). The zero-order valence-electron chi connectivity index (χ0n) is 19.6. The van der Waals surface area contributed by atoms with Crippen LogP contribution in [-0.2, 0) is 0 Å². The van der Waals surface area contributed by atoms with E-state index in [0.29, 0.717) is 17.7 Å². The SMILES string of the molecule is CCCCC1CCC(c2ccc(-c3nnc(C4CCC(CCC)CC4)nn3)cc2)CC1. The van der Waals surface area contributed by atoms with E-state index in [-0.39, 0.29) is 0 Å². The third-order valence-corrected chi connectivity index (χ3v) is 7.86. The van der Waals surface area contributed by atoms with E-state index in [2.05, 4.69) is 58.5 Å². The van der Waals surface area contributed by atoms with E-state index in [0.717, 1.165) is 23.2 Å². The number of aromatic nitrogens is 4. The molecule has 2 aromatic rings. The molecule has 2 fully saturated rings. The highest BCUT2D eigenvalue weighted by atomic mass is 15.3. The Morgan fingerprint density at radius 1 is 0.645 bits per heavy atom. The van der Waals surface area contributed by atoms with Crippen molar-refractivity contribution in [2.24, 2.45) is 11.8 Å². The van der Waals surface area contributed by atoms with Crippen molar-refractivity contribution < 1.29 is 0 Å². The van der Waals surface area contributed by atoms with Crippen LogP contribution in [0.1, 0.15) is 121 Å². The summed E-state index contributed by atoms with van der Waals surface area (Å²) in [7, 11) is 0. The van der Waals surface area contributed by atoms with E-state index in [1.165, 1.54) is 89.0 Å². The number of benzene rings is 1. The van der Waals surface area contributed by atoms with E-state index < -0.39 is 0 Å². The molecule has 1 heterocycles. The molecule has 0 atom stereocenters. The van der Waals surface area contributed by atoms with Crippen molar-refractivity contribution in [1.29, 1.82) is 0 Å². The van der Waals surface area contributed by atoms with E-state index >= 15 is 0 Å². The zero-order valence-corrected chi connectivity index (χ0v) is 19.6. The van der Waals surface area contributed by atoms with E-state index in [4.69, 9.17) is 0 Å². The van der Waals surface area contributed by atoms with Crippen LogP contribution in [0.5, 0.6) is 0 Å². The minimum atomic E-state index is 0.442. The normalized spacial score (nSPS) is 26.6. The molecule has 2 aliphatic carbocycles. The lowest BCUT2D eigenvalue weighted by molar-refractivity contribution is 0.300. The van der Waals surface area contributed by atoms with Gasteiger partial charge < -0.3 is 0 Å². The molecule has 0 unspecified atom stereocenters. The number of rotatable bonds is 8. The molecule has 0 saturated heterocycles. The van der Waals surface area contributed by atoms with Gasteiger partial charge in [-0.25, -0.2) is 0 Å². The lowest BCUT2D eigenvalue weighted by Crippen LogP contribution is -2.16. The summed E-state index contributed by atoms with van der Waals surface area (Å²) in [6, 6.07) is 8.87. The maximum Gasteiger partial charge on any atom is 0.203 e. The molecule has 2 saturated carbocycles. The van der Waals surface area contributed by atoms with E-state index in [1.807, 2.05) is 0 Å². The monoisotopic (exact) mass is 420 g/mol. The number of unbranched alkanes of at least 4 members (excludes halogenated alkanes) is 1. The number of hydrogen-bond acceptors (Lipinski definition) is 4. The van der Waals surface area contributed by atoms with Crippen molar-refractivity contribution >= 4 is 0 Å². The fraction of sp³-hybridized carbons (Fsp3) is 0.704. The minimum absolute atomic E-state index is 0.442. The first-order valence-corrected chi connectivity index (χ1v) is 12.9. The number of nitrogens with zero attached hydrogens (tertiary/aromatic N) is 4. The van der Waals surface area contributed by atoms with Crippen molar-refractivity contribution in [2.45, 2.75) is 109 Å². The fourth-order valence-electron chi connectivity index (χ4n) is 5.82. The Kier molecular flexibility index (Phi) is 8.04. The molecule has 168 valence electrons. The van der Waals surface area contributed by atoms with Gasteiger partial charge in [0.05, 0.1) is 0 Å². The largest absolute Gasteiger partial charge is 0.203 e. The first-order valence-electron chi connectivity index (χ1n) is 12.9. The van der Waals surface area contributed by atoms with Crippen LogP contribution in [-0.4, -0.2) is 20.4 Å². The van der Waals surface area contributed by atoms with Crippen molar-refractivity contribution in [2.75, 3.05) is 0 Å². The summed E-state index contributed by atoms with van der Waals surface area (Å²) in [5.74, 6) is 4.51. The van der Waals surface area contributed by atoms with Gasteiger partial charge in [0, 0.05) is 11.5 Å². The van der Waals surface area contributed by atoms with E-state index in [9.17, 15) is 0 Å². The van der Waals surface area contributed by atoms with Gasteiger partial charge in [0.25, 0.3) is 0 Å². The van der Waals surface area contributed by atoms with Crippen LogP contribution in [0.3, 0.4) is 0 Å². The molecule has 0 amide bonds. The maximum atomic E-state index is 4.47. The minimum Gasteiger partial charge on any atom is -0.131 e. The summed E-state index contributed by atoms with van der Waals surface area (Å²) in [4.78, 5) is 0. The molecule has 0 N–H and O–H groups in total. The predicted molar refractivity (Wildman–Crippen MR) is 127 cm³/mol. The third kappa shape index (κ3) is 5.90. The summed E-state index contributed by atoms with van der Waals surface area (Å²) < 4.78 is 0. The molecule has 1 aromatic carbocycles. The van der Waals surface area contributed by atoms with Crippen LogP contribution in [0.15, 0.2) is 24.3 Å². The summed E-state index contributed by atoms with van der Waals surface area (Å²) in [6.45, 7) is 4.58. The molecule has 4 nitrogen and oxygen atoms in total. The van der Waals surface area contributed by atoms with Gasteiger partial charge in [0.2, 0.25) is 5.82 Å². The van der Waals surface area contributed by atoms with Gasteiger partial charge in [-0.2, -0.15) is 0 Å². The average molecular weight is 421 g/mol. The van der Waals surface area contributed by atoms with Crippen molar-refractivity contribution in [1.82, 2.24) is 20.4 Å². The van der Waals surface area contributed by atoms with Gasteiger partial charge in [0.1, 0.15) is 0 Å². The van der Waals surface area contributed by atoms with Crippen LogP contribution in [0, 0.1) is 11.8 Å². The molecule has 2 aliphatic rings. The predicted octanol–water partition coefficient (Wildman–Crippen LogP) is 7.47. The van der Waals surface area contributed by atoms with Crippen LogP contribution >= 0.6 is 0 Å². The molecule has 1 aromatic heterocycles. The first kappa shape index (κ1) is 22.4. The first-order chi connectivity index (χ1) is 15.3. The van der Waals surface area contributed by atoms with Crippen molar-refractivity contribution in [3.05, 3.63) is 35.7 Å². The molecule has 4 heteroatoms. The molecule has 0 spiro atoms. The molecular weight excluding hydrogens is 380 g/mol. The summed E-state index contributed by atoms with van der Waals surface area (Å²) >= 11 is 0. The molecular formula is C27H40N4. The Balaban J connectivity index is 1.31. The Morgan fingerprint density at radius 3 is 1.81 bits per heavy atom. The third-order valence-electron chi connectivity index (χ3n) is 7.86. The van der Waals surface area contributed by atoms with Gasteiger partial charge in [-0.05, 0) is 74.7 Å². The zero-order chi connectivity index (χ0) is 21.5. The van der Waals surface area contributed by atoms with Crippen molar-refractivity contribution in [3.8, 4) is 11.4 Å². The van der Waals surface area contributed by atoms with Gasteiger partial charge >= 0.3 is 0 Å². The van der Waals surface area contributed by atoms with Crippen LogP contribution < -0.4 is 0 Å². The highest BCUT2D eigenvalue weighted by molar-refractivity contribution is 5.54. The Hall–Kier alpha value is -1.84. The highest BCUT2D eigenvalue weighted by Gasteiger charge is 2.25. The van der Waals surface area contributed by atoms with Gasteiger partial charge in [-0.3, -0.25) is 0 Å². The Morgan fingerprint density at radius 2 is 1.23 bits per heavy atom. The van der Waals surface area contributed by atoms with Crippen LogP contribution in [0.2, 0.25) is 0 Å². The van der Waals surface area contributed by atoms with E-state index in [1.54, 1.807) is 0 Å². The maximum absolute atomic E-state index is 4.47. The van der Waals surface area contributed by atoms with Crippen LogP contribution in [0.4, 0.5) is 0 Å². The molecule has 0 aliphatic heterocycles. The van der Waals surface area contributed by atoms with Gasteiger partial charge in [-0.1, -0.05) is 70.2 Å². The van der Waals surface area contributed by atoms with Crippen molar-refractivity contribution in [3.63, 3.8) is 0 Å². The number of hydrogen-bond donors (Lipinski definition) is 0. The second-order valence-corrected chi connectivity index (χ2v) is 10.1. The average Bonchev–Trinajstić information content (AvgIpc) is 2.84. The summed E-state index contributed by atoms with van der Waals surface area (Å²) in [5.41, 5.74) is 2.50. The van der Waals surface area contributed by atoms with Crippen LogP contribution in [0.25, 0.3) is 11.4 Å². The second-order valence-electron chi connectivity index (χ2n) is 10.1. The van der Waals surface area contributed by atoms with Gasteiger partial charge in [-0.15, -0.1) is 20.4 Å². The molecule has 0 radical (unpaired) electrons. The second kappa shape index (κ2) is 11.2. The lowest BCUT2D eigenvalue weighted by Gasteiger charge is -2.28. The molecule has 0 bridgehead atoms. The summed E-state index contributed by atoms with van der Waals surface area (Å²) in [5, 5.41) is 17.8. The topological polar surface area (TPSA) is 51.6 Å². The standard InChI is InChI=1S/C27H40N4/c1-3-5-7-21-8-12-22(13-9-21)23-16-18-25(19-17-23)27-30-28-26(29-31-27)24-14-10-20(6-4-2)11-15-24/h16-22,24H,3-15H2,1-2H3. The molecule has 31 heavy (non-hydrogen) atoms. The smallest absolute Gasteiger partial charge is 0.131 e. The Bertz CT molecular complexity index is 770. The highest BCUT2D eigenvalue weighted by Crippen LogP contribution is 2.38. The Labute approximate surface area is 188 Å². The summed E-state index contributed by atoms with van der Waals surface area (Å²) in [6.07, 6.45) is 17.2. The quantitative estimate of drug-likeness (QED) is 0.444.